The first-order chi connectivity index (χ1) is 10.1. The third-order valence-electron chi connectivity index (χ3n) is 3.82. The number of nitrogens with zero attached hydrogens (tertiary/aromatic N) is 3. The van der Waals surface area contributed by atoms with E-state index in [0.29, 0.717) is 12.4 Å². The van der Waals surface area contributed by atoms with Gasteiger partial charge >= 0.3 is 5.97 Å². The van der Waals surface area contributed by atoms with Gasteiger partial charge < -0.3 is 5.11 Å². The van der Waals surface area contributed by atoms with Gasteiger partial charge in [0.2, 0.25) is 0 Å². The molecule has 0 spiro atoms. The maximum Gasteiger partial charge on any atom is 0.325 e. The normalized spacial score (nSPS) is 18.2. The minimum Gasteiger partial charge on any atom is -0.480 e. The third-order valence-corrected chi connectivity index (χ3v) is 3.82. The molecular weight excluding hydrogens is 266 g/mol. The SMILES string of the molecule is Cc1nccc(CN2CCc3ccccc3C2C(=O)O)n1. The molecule has 2 heterocycles. The van der Waals surface area contributed by atoms with Crippen LogP contribution in [-0.4, -0.2) is 32.5 Å². The van der Waals surface area contributed by atoms with Crippen molar-refractivity contribution in [3.8, 4) is 0 Å². The Bertz CT molecular complexity index is 672. The lowest BCUT2D eigenvalue weighted by Gasteiger charge is -2.34. The zero-order chi connectivity index (χ0) is 14.8. The van der Waals surface area contributed by atoms with Crippen LogP contribution in [-0.2, 0) is 17.8 Å². The van der Waals surface area contributed by atoms with Gasteiger partial charge in [-0.1, -0.05) is 24.3 Å². The monoisotopic (exact) mass is 283 g/mol. The highest BCUT2D eigenvalue weighted by atomic mass is 16.4. The molecule has 0 aliphatic carbocycles. The molecule has 0 radical (unpaired) electrons. The lowest BCUT2D eigenvalue weighted by Crippen LogP contribution is -2.39. The van der Waals surface area contributed by atoms with Crippen molar-refractivity contribution in [2.24, 2.45) is 0 Å². The average molecular weight is 283 g/mol. The summed E-state index contributed by atoms with van der Waals surface area (Å²) in [7, 11) is 0. The van der Waals surface area contributed by atoms with Crippen molar-refractivity contribution in [2.45, 2.75) is 25.9 Å². The number of carboxylic acids is 1. The Balaban J connectivity index is 1.91. The van der Waals surface area contributed by atoms with Crippen LogP contribution in [0.25, 0.3) is 0 Å². The Morgan fingerprint density at radius 1 is 1.38 bits per heavy atom. The number of aryl methyl sites for hydroxylation is 1. The van der Waals surface area contributed by atoms with Crippen molar-refractivity contribution in [3.05, 3.63) is 59.2 Å². The number of carbonyl (C=O) groups is 1. The van der Waals surface area contributed by atoms with Crippen LogP contribution in [0.2, 0.25) is 0 Å². The average Bonchev–Trinajstić information content (AvgIpc) is 2.46. The fourth-order valence-electron chi connectivity index (χ4n) is 2.88. The summed E-state index contributed by atoms with van der Waals surface area (Å²) in [5, 5.41) is 9.61. The number of aliphatic carboxylic acids is 1. The summed E-state index contributed by atoms with van der Waals surface area (Å²) in [6.07, 6.45) is 2.58. The molecule has 1 atom stereocenters. The van der Waals surface area contributed by atoms with Gasteiger partial charge in [0, 0.05) is 19.3 Å². The quantitative estimate of drug-likeness (QED) is 0.933. The van der Waals surface area contributed by atoms with Crippen LogP contribution < -0.4 is 0 Å². The summed E-state index contributed by atoms with van der Waals surface area (Å²) in [5.74, 6) is -0.107. The Morgan fingerprint density at radius 2 is 2.19 bits per heavy atom. The number of aromatic nitrogens is 2. The number of carboxylic acid groups (broad SMARTS) is 1. The fraction of sp³-hybridized carbons (Fsp3) is 0.312. The minimum atomic E-state index is -0.812. The summed E-state index contributed by atoms with van der Waals surface area (Å²) < 4.78 is 0. The number of fused-ring (bicyclic) bond motifs is 1. The number of hydrogen-bond acceptors (Lipinski definition) is 4. The molecule has 0 saturated heterocycles. The molecule has 21 heavy (non-hydrogen) atoms. The first kappa shape index (κ1) is 13.7. The third kappa shape index (κ3) is 2.78. The second-order valence-corrected chi connectivity index (χ2v) is 5.26. The molecule has 0 amide bonds. The number of benzene rings is 1. The fourth-order valence-corrected chi connectivity index (χ4v) is 2.88. The zero-order valence-corrected chi connectivity index (χ0v) is 11.9. The van der Waals surface area contributed by atoms with Crippen LogP contribution in [0.4, 0.5) is 0 Å². The van der Waals surface area contributed by atoms with Crippen LogP contribution in [0.3, 0.4) is 0 Å². The van der Waals surface area contributed by atoms with Crippen molar-refractivity contribution in [1.29, 1.82) is 0 Å². The van der Waals surface area contributed by atoms with E-state index in [-0.39, 0.29) is 0 Å². The van der Waals surface area contributed by atoms with E-state index in [4.69, 9.17) is 0 Å². The van der Waals surface area contributed by atoms with Crippen molar-refractivity contribution < 1.29 is 9.90 Å². The van der Waals surface area contributed by atoms with Gasteiger partial charge in [-0.05, 0) is 30.5 Å². The van der Waals surface area contributed by atoms with Crippen LogP contribution in [0.15, 0.2) is 36.5 Å². The van der Waals surface area contributed by atoms with Gasteiger partial charge in [0.25, 0.3) is 0 Å². The van der Waals surface area contributed by atoms with Crippen LogP contribution in [0.5, 0.6) is 0 Å². The molecular formula is C16H17N3O2. The highest BCUT2D eigenvalue weighted by molar-refractivity contribution is 5.76. The maximum atomic E-state index is 11.7. The largest absolute Gasteiger partial charge is 0.480 e. The Labute approximate surface area is 123 Å². The summed E-state index contributed by atoms with van der Waals surface area (Å²) in [4.78, 5) is 22.1. The van der Waals surface area contributed by atoms with Gasteiger partial charge in [0.15, 0.2) is 0 Å². The molecule has 5 nitrogen and oxygen atoms in total. The molecule has 5 heteroatoms. The molecule has 0 fully saturated rings. The first-order valence-corrected chi connectivity index (χ1v) is 6.98. The minimum absolute atomic E-state index is 0.522. The Hall–Kier alpha value is -2.27. The molecule has 1 aliphatic heterocycles. The van der Waals surface area contributed by atoms with Crippen molar-refractivity contribution in [1.82, 2.24) is 14.9 Å². The molecule has 1 aromatic carbocycles. The van der Waals surface area contributed by atoms with E-state index in [1.165, 1.54) is 0 Å². The topological polar surface area (TPSA) is 66.3 Å². The van der Waals surface area contributed by atoms with Gasteiger partial charge in [0.05, 0.1) is 5.69 Å². The van der Waals surface area contributed by atoms with E-state index < -0.39 is 12.0 Å². The van der Waals surface area contributed by atoms with Crippen molar-refractivity contribution >= 4 is 5.97 Å². The lowest BCUT2D eigenvalue weighted by atomic mass is 9.92. The van der Waals surface area contributed by atoms with Crippen molar-refractivity contribution in [3.63, 3.8) is 0 Å². The molecule has 1 aromatic heterocycles. The lowest BCUT2D eigenvalue weighted by molar-refractivity contribution is -0.144. The molecule has 108 valence electrons. The van der Waals surface area contributed by atoms with Crippen LogP contribution in [0, 0.1) is 6.92 Å². The molecule has 1 N–H and O–H groups in total. The van der Waals surface area contributed by atoms with Gasteiger partial charge in [-0.25, -0.2) is 9.97 Å². The predicted molar refractivity (Wildman–Crippen MR) is 77.7 cm³/mol. The van der Waals surface area contributed by atoms with Gasteiger partial charge in [0.1, 0.15) is 11.9 Å². The Morgan fingerprint density at radius 3 is 2.95 bits per heavy atom. The molecule has 0 bridgehead atoms. The first-order valence-electron chi connectivity index (χ1n) is 6.98. The molecule has 2 aromatic rings. The summed E-state index contributed by atoms with van der Waals surface area (Å²) in [6, 6.07) is 9.01. The van der Waals surface area contributed by atoms with E-state index in [0.717, 1.165) is 29.8 Å². The van der Waals surface area contributed by atoms with E-state index >= 15 is 0 Å². The van der Waals surface area contributed by atoms with Gasteiger partial charge in [-0.15, -0.1) is 0 Å². The Kier molecular flexibility index (Phi) is 3.66. The van der Waals surface area contributed by atoms with Gasteiger partial charge in [-0.2, -0.15) is 0 Å². The number of hydrogen-bond donors (Lipinski definition) is 1. The van der Waals surface area contributed by atoms with Crippen LogP contribution >= 0.6 is 0 Å². The van der Waals surface area contributed by atoms with Gasteiger partial charge in [-0.3, -0.25) is 9.69 Å². The van der Waals surface area contributed by atoms with E-state index in [2.05, 4.69) is 9.97 Å². The standard InChI is InChI=1S/C16H17N3O2/c1-11-17-8-6-13(18-11)10-19-9-7-12-4-2-3-5-14(12)15(19)16(20)21/h2-6,8,15H,7,9-10H2,1H3,(H,20,21). The smallest absolute Gasteiger partial charge is 0.325 e. The number of rotatable bonds is 3. The molecule has 0 saturated carbocycles. The molecule has 1 aliphatic rings. The van der Waals surface area contributed by atoms with Crippen LogP contribution in [0.1, 0.15) is 28.7 Å². The second-order valence-electron chi connectivity index (χ2n) is 5.26. The molecule has 1 unspecified atom stereocenters. The summed E-state index contributed by atoms with van der Waals surface area (Å²) >= 11 is 0. The van der Waals surface area contributed by atoms with E-state index in [9.17, 15) is 9.90 Å². The van der Waals surface area contributed by atoms with E-state index in [1.54, 1.807) is 6.20 Å². The molecule has 3 rings (SSSR count). The summed E-state index contributed by atoms with van der Waals surface area (Å²) in [5.41, 5.74) is 2.87. The predicted octanol–water partition coefficient (Wildman–Crippen LogP) is 1.97. The maximum absolute atomic E-state index is 11.7. The highest BCUT2D eigenvalue weighted by Gasteiger charge is 2.32. The van der Waals surface area contributed by atoms with Crippen molar-refractivity contribution in [2.75, 3.05) is 6.54 Å². The summed E-state index contributed by atoms with van der Waals surface area (Å²) in [6.45, 7) is 3.08. The highest BCUT2D eigenvalue weighted by Crippen LogP contribution is 2.30. The second kappa shape index (κ2) is 5.61. The van der Waals surface area contributed by atoms with E-state index in [1.807, 2.05) is 42.2 Å². The zero-order valence-electron chi connectivity index (χ0n) is 11.9.